The fourth-order valence-corrected chi connectivity index (χ4v) is 2.66. The summed E-state index contributed by atoms with van der Waals surface area (Å²) in [5.41, 5.74) is 0.804. The number of quaternary nitrogens is 1. The third-order valence-electron chi connectivity index (χ3n) is 3.80. The lowest BCUT2D eigenvalue weighted by Crippen LogP contribution is -3.12. The normalized spacial score (nSPS) is 16.8. The molecule has 1 aliphatic rings. The lowest BCUT2D eigenvalue weighted by atomic mass is 10.2. The SMILES string of the molecule is O=C([O-])/C=C/c1cccc(OCC[NH+]2CCCCCC2)c1. The van der Waals surface area contributed by atoms with Gasteiger partial charge in [0.25, 0.3) is 0 Å². The highest BCUT2D eigenvalue weighted by Gasteiger charge is 2.11. The van der Waals surface area contributed by atoms with Gasteiger partial charge in [-0.25, -0.2) is 0 Å². The maximum Gasteiger partial charge on any atom is 0.137 e. The van der Waals surface area contributed by atoms with Crippen molar-refractivity contribution in [2.24, 2.45) is 0 Å². The van der Waals surface area contributed by atoms with Gasteiger partial charge in [-0.3, -0.25) is 0 Å². The molecule has 0 radical (unpaired) electrons. The van der Waals surface area contributed by atoms with E-state index in [4.69, 9.17) is 4.74 Å². The quantitative estimate of drug-likeness (QED) is 0.766. The van der Waals surface area contributed by atoms with E-state index < -0.39 is 5.97 Å². The number of likely N-dealkylation sites (tertiary alicyclic amines) is 1. The average Bonchev–Trinajstić information content (AvgIpc) is 2.74. The average molecular weight is 289 g/mol. The number of carboxylic acid groups (broad SMARTS) is 1. The van der Waals surface area contributed by atoms with Gasteiger partial charge in [0, 0.05) is 0 Å². The molecule has 4 heteroatoms. The van der Waals surface area contributed by atoms with E-state index in [0.717, 1.165) is 23.9 Å². The van der Waals surface area contributed by atoms with Gasteiger partial charge in [-0.15, -0.1) is 0 Å². The molecule has 1 heterocycles. The number of hydrogen-bond acceptors (Lipinski definition) is 3. The smallest absolute Gasteiger partial charge is 0.137 e. The molecule has 0 atom stereocenters. The van der Waals surface area contributed by atoms with Gasteiger partial charge in [-0.2, -0.15) is 0 Å². The molecule has 1 aromatic carbocycles. The van der Waals surface area contributed by atoms with E-state index in [1.54, 1.807) is 4.90 Å². The molecule has 4 nitrogen and oxygen atoms in total. The van der Waals surface area contributed by atoms with Crippen LogP contribution in [0, 0.1) is 0 Å². The Labute approximate surface area is 126 Å². The van der Waals surface area contributed by atoms with Gasteiger partial charge < -0.3 is 19.5 Å². The Morgan fingerprint density at radius 3 is 2.71 bits per heavy atom. The van der Waals surface area contributed by atoms with Crippen LogP contribution in [0.25, 0.3) is 6.08 Å². The second kappa shape index (κ2) is 8.47. The second-order valence-corrected chi connectivity index (χ2v) is 5.49. The summed E-state index contributed by atoms with van der Waals surface area (Å²) in [6.07, 6.45) is 7.90. The van der Waals surface area contributed by atoms with Crippen molar-refractivity contribution in [1.29, 1.82) is 0 Å². The molecule has 0 saturated carbocycles. The number of benzene rings is 1. The van der Waals surface area contributed by atoms with Crippen LogP contribution in [0.4, 0.5) is 0 Å². The van der Waals surface area contributed by atoms with Crippen LogP contribution in [-0.2, 0) is 4.79 Å². The predicted octanol–water partition coefficient (Wildman–Crippen LogP) is 0.287. The lowest BCUT2D eigenvalue weighted by molar-refractivity contribution is -0.899. The molecule has 0 unspecified atom stereocenters. The molecule has 114 valence electrons. The number of carbonyl (C=O) groups is 1. The molecule has 0 amide bonds. The van der Waals surface area contributed by atoms with Crippen LogP contribution < -0.4 is 14.7 Å². The summed E-state index contributed by atoms with van der Waals surface area (Å²) in [5, 5.41) is 10.4. The Bertz CT molecular complexity index is 477. The number of nitrogens with one attached hydrogen (secondary N) is 1. The van der Waals surface area contributed by atoms with E-state index in [2.05, 4.69) is 0 Å². The van der Waals surface area contributed by atoms with E-state index in [1.807, 2.05) is 24.3 Å². The van der Waals surface area contributed by atoms with Gasteiger partial charge in [0.15, 0.2) is 0 Å². The molecule has 0 spiro atoms. The first kappa shape index (κ1) is 15.6. The highest BCUT2D eigenvalue weighted by atomic mass is 16.5. The van der Waals surface area contributed by atoms with Crippen molar-refractivity contribution in [3.8, 4) is 5.75 Å². The Kier molecular flexibility index (Phi) is 6.28. The van der Waals surface area contributed by atoms with E-state index in [-0.39, 0.29) is 0 Å². The minimum Gasteiger partial charge on any atom is -0.545 e. The number of hydrogen-bond donors (Lipinski definition) is 1. The molecule has 1 aromatic rings. The summed E-state index contributed by atoms with van der Waals surface area (Å²) in [5.74, 6) is -0.407. The largest absolute Gasteiger partial charge is 0.545 e. The number of rotatable bonds is 6. The van der Waals surface area contributed by atoms with E-state index in [0.29, 0.717) is 6.61 Å². The van der Waals surface area contributed by atoms with Crippen LogP contribution in [0.3, 0.4) is 0 Å². The van der Waals surface area contributed by atoms with Crippen molar-refractivity contribution < 1.29 is 19.5 Å². The maximum absolute atomic E-state index is 10.4. The summed E-state index contributed by atoms with van der Waals surface area (Å²) in [4.78, 5) is 12.0. The minimum absolute atomic E-state index is 0.697. The Morgan fingerprint density at radius 2 is 2.00 bits per heavy atom. The zero-order valence-corrected chi connectivity index (χ0v) is 12.3. The minimum atomic E-state index is -1.19. The van der Waals surface area contributed by atoms with Crippen molar-refractivity contribution in [2.75, 3.05) is 26.2 Å². The molecule has 0 aliphatic carbocycles. The fraction of sp³-hybridized carbons (Fsp3) is 0.471. The molecule has 2 rings (SSSR count). The van der Waals surface area contributed by atoms with Gasteiger partial charge in [0.1, 0.15) is 18.9 Å². The van der Waals surface area contributed by atoms with Crippen LogP contribution in [0.2, 0.25) is 0 Å². The zero-order valence-electron chi connectivity index (χ0n) is 12.3. The molecule has 1 saturated heterocycles. The van der Waals surface area contributed by atoms with Crippen LogP contribution >= 0.6 is 0 Å². The Morgan fingerprint density at radius 1 is 1.24 bits per heavy atom. The van der Waals surface area contributed by atoms with Gasteiger partial charge in [0.05, 0.1) is 19.1 Å². The molecule has 1 aliphatic heterocycles. The second-order valence-electron chi connectivity index (χ2n) is 5.49. The first-order valence-corrected chi connectivity index (χ1v) is 7.69. The molecule has 0 aromatic heterocycles. The van der Waals surface area contributed by atoms with Crippen LogP contribution in [0.1, 0.15) is 31.2 Å². The highest BCUT2D eigenvalue weighted by molar-refractivity contribution is 5.83. The van der Waals surface area contributed by atoms with Crippen LogP contribution in [-0.4, -0.2) is 32.2 Å². The molecule has 21 heavy (non-hydrogen) atoms. The lowest BCUT2D eigenvalue weighted by Gasteiger charge is -2.17. The number of aliphatic carboxylic acids is 1. The van der Waals surface area contributed by atoms with E-state index in [1.165, 1.54) is 44.8 Å². The third-order valence-corrected chi connectivity index (χ3v) is 3.80. The summed E-state index contributed by atoms with van der Waals surface area (Å²) >= 11 is 0. The number of ether oxygens (including phenoxy) is 1. The summed E-state index contributed by atoms with van der Waals surface area (Å²) in [7, 11) is 0. The molecule has 0 bridgehead atoms. The molecular formula is C17H23NO3. The Balaban J connectivity index is 1.79. The maximum atomic E-state index is 10.4. The number of carbonyl (C=O) groups excluding carboxylic acids is 1. The van der Waals surface area contributed by atoms with Gasteiger partial charge in [0.2, 0.25) is 0 Å². The van der Waals surface area contributed by atoms with Crippen molar-refractivity contribution in [3.05, 3.63) is 35.9 Å². The standard InChI is InChI=1S/C17H23NO3/c19-17(20)9-8-15-6-5-7-16(14-15)21-13-12-18-10-3-1-2-4-11-18/h5-9,14H,1-4,10-13H2,(H,19,20)/b9-8+. The fourth-order valence-electron chi connectivity index (χ4n) is 2.66. The van der Waals surface area contributed by atoms with Crippen molar-refractivity contribution in [2.45, 2.75) is 25.7 Å². The van der Waals surface area contributed by atoms with Crippen molar-refractivity contribution in [3.63, 3.8) is 0 Å². The van der Waals surface area contributed by atoms with E-state index >= 15 is 0 Å². The van der Waals surface area contributed by atoms with Crippen LogP contribution in [0.5, 0.6) is 5.75 Å². The monoisotopic (exact) mass is 289 g/mol. The predicted molar refractivity (Wildman–Crippen MR) is 80.0 cm³/mol. The van der Waals surface area contributed by atoms with E-state index in [9.17, 15) is 9.90 Å². The molecule has 1 fully saturated rings. The first-order valence-electron chi connectivity index (χ1n) is 7.69. The van der Waals surface area contributed by atoms with Crippen LogP contribution in [0.15, 0.2) is 30.3 Å². The van der Waals surface area contributed by atoms with Crippen molar-refractivity contribution in [1.82, 2.24) is 0 Å². The third kappa shape index (κ3) is 6.00. The topological polar surface area (TPSA) is 53.8 Å². The zero-order chi connectivity index (χ0) is 14.9. The summed E-state index contributed by atoms with van der Waals surface area (Å²) < 4.78 is 5.78. The first-order chi connectivity index (χ1) is 10.2. The highest BCUT2D eigenvalue weighted by Crippen LogP contribution is 2.14. The van der Waals surface area contributed by atoms with Crippen molar-refractivity contribution >= 4 is 12.0 Å². The van der Waals surface area contributed by atoms with Gasteiger partial charge in [-0.1, -0.05) is 18.2 Å². The summed E-state index contributed by atoms with van der Waals surface area (Å²) in [6.45, 7) is 4.22. The molecular weight excluding hydrogens is 266 g/mol. The summed E-state index contributed by atoms with van der Waals surface area (Å²) in [6, 6.07) is 7.45. The Hall–Kier alpha value is -1.81. The van der Waals surface area contributed by atoms with Gasteiger partial charge >= 0.3 is 0 Å². The number of carboxylic acids is 1. The van der Waals surface area contributed by atoms with Gasteiger partial charge in [-0.05, 0) is 49.5 Å². The molecule has 1 N–H and O–H groups in total.